The van der Waals surface area contributed by atoms with E-state index in [1.165, 1.54) is 12.1 Å². The van der Waals surface area contributed by atoms with Gasteiger partial charge in [-0.2, -0.15) is 0 Å². The minimum Gasteiger partial charge on any atom is -0.333 e. The van der Waals surface area contributed by atoms with Crippen LogP contribution in [0.1, 0.15) is 36.5 Å². The second kappa shape index (κ2) is 8.10. The summed E-state index contributed by atoms with van der Waals surface area (Å²) in [7, 11) is 1.76. The van der Waals surface area contributed by atoms with Gasteiger partial charge in [0.15, 0.2) is 18.2 Å². The first-order valence-corrected chi connectivity index (χ1v) is 9.58. The first-order chi connectivity index (χ1) is 12.9. The van der Waals surface area contributed by atoms with Crippen LogP contribution in [0.3, 0.4) is 0 Å². The zero-order valence-electron chi connectivity index (χ0n) is 15.4. The topological polar surface area (TPSA) is 49.8 Å². The smallest absolute Gasteiger partial charge is 0.278 e. The van der Waals surface area contributed by atoms with E-state index in [4.69, 9.17) is 0 Å². The number of hydrogen-bond donors (Lipinski definition) is 1. The third-order valence-corrected chi connectivity index (χ3v) is 5.96. The van der Waals surface area contributed by atoms with Gasteiger partial charge in [-0.15, -0.1) is 11.3 Å². The van der Waals surface area contributed by atoms with Crippen LogP contribution in [0.25, 0.3) is 10.2 Å². The maximum atomic E-state index is 13.4. The Bertz CT molecular complexity index is 926. The Morgan fingerprint density at radius 3 is 2.63 bits per heavy atom. The van der Waals surface area contributed by atoms with Crippen LogP contribution in [0, 0.1) is 11.6 Å². The first kappa shape index (κ1) is 19.4. The van der Waals surface area contributed by atoms with E-state index in [1.54, 1.807) is 23.3 Å². The fourth-order valence-electron chi connectivity index (χ4n) is 2.80. The molecule has 2 aromatic carbocycles. The van der Waals surface area contributed by atoms with Gasteiger partial charge in [-0.3, -0.25) is 4.79 Å². The number of rotatable bonds is 6. The molecule has 1 aromatic heterocycles. The summed E-state index contributed by atoms with van der Waals surface area (Å²) in [6.45, 7) is 4.03. The molecule has 2 atom stereocenters. The molecule has 4 nitrogen and oxygen atoms in total. The number of aromatic nitrogens is 1. The summed E-state index contributed by atoms with van der Waals surface area (Å²) in [6.07, 6.45) is 0. The number of nitrogens with zero attached hydrogens (tertiary/aromatic N) is 2. The summed E-state index contributed by atoms with van der Waals surface area (Å²) in [4.78, 5) is 18.9. The highest BCUT2D eigenvalue weighted by Crippen LogP contribution is 2.28. The van der Waals surface area contributed by atoms with Crippen molar-refractivity contribution in [3.8, 4) is 0 Å². The Labute approximate surface area is 160 Å². The lowest BCUT2D eigenvalue weighted by Crippen LogP contribution is -2.87. The van der Waals surface area contributed by atoms with Crippen LogP contribution in [0.2, 0.25) is 0 Å². The third-order valence-electron chi connectivity index (χ3n) is 4.76. The standard InChI is InChI=1S/C20H21F2N3OS/c1-12(14-8-9-15(21)16(22)10-14)23-11-19(26)25(3)13(2)20-24-17-6-4-5-7-18(17)27-20/h4-10,12-13,23H,11H2,1-3H3/p+1/t12-,13+/m1/s1. The van der Waals surface area contributed by atoms with Crippen LogP contribution < -0.4 is 5.32 Å². The monoisotopic (exact) mass is 390 g/mol. The van der Waals surface area contributed by atoms with Gasteiger partial charge in [0.05, 0.1) is 16.3 Å². The Hall–Kier alpha value is -2.38. The Morgan fingerprint density at radius 1 is 1.19 bits per heavy atom. The summed E-state index contributed by atoms with van der Waals surface area (Å²) in [5.41, 5.74) is 1.58. The molecular weight excluding hydrogens is 368 g/mol. The van der Waals surface area contributed by atoms with Crippen LogP contribution in [0.15, 0.2) is 42.5 Å². The Balaban J connectivity index is 1.61. The highest BCUT2D eigenvalue weighted by Gasteiger charge is 2.22. The minimum atomic E-state index is -0.874. The quantitative estimate of drug-likeness (QED) is 0.701. The van der Waals surface area contributed by atoms with E-state index in [0.29, 0.717) is 5.56 Å². The van der Waals surface area contributed by atoms with Crippen LogP contribution in [-0.4, -0.2) is 29.4 Å². The molecule has 0 aliphatic rings. The fraction of sp³-hybridized carbons (Fsp3) is 0.300. The van der Waals surface area contributed by atoms with E-state index >= 15 is 0 Å². The number of hydrogen-bond acceptors (Lipinski definition) is 3. The molecule has 0 unspecified atom stereocenters. The number of nitrogens with two attached hydrogens (primary N) is 1. The summed E-state index contributed by atoms with van der Waals surface area (Å²) in [5.74, 6) is -1.79. The number of carbonyl (C=O) groups excluding carboxylic acids is 1. The van der Waals surface area contributed by atoms with Crippen molar-refractivity contribution < 1.29 is 18.9 Å². The summed E-state index contributed by atoms with van der Waals surface area (Å²) < 4.78 is 27.5. The van der Waals surface area contributed by atoms with Crippen LogP contribution in [0.5, 0.6) is 0 Å². The van der Waals surface area contributed by atoms with Crippen LogP contribution in [0.4, 0.5) is 8.78 Å². The number of carbonyl (C=O) groups is 1. The number of amides is 1. The predicted octanol–water partition coefficient (Wildman–Crippen LogP) is 3.42. The van der Waals surface area contributed by atoms with E-state index < -0.39 is 11.6 Å². The van der Waals surface area contributed by atoms with Crippen molar-refractivity contribution in [2.24, 2.45) is 0 Å². The third kappa shape index (κ3) is 4.31. The van der Waals surface area contributed by atoms with Crippen LogP contribution in [-0.2, 0) is 4.79 Å². The SMILES string of the molecule is C[C@@H]([NH2+]CC(=O)N(C)[C@@H](C)c1nc2ccccc2s1)c1ccc(F)c(F)c1. The predicted molar refractivity (Wildman–Crippen MR) is 102 cm³/mol. The molecule has 0 spiro atoms. The second-order valence-electron chi connectivity index (χ2n) is 6.60. The summed E-state index contributed by atoms with van der Waals surface area (Å²) >= 11 is 1.58. The molecule has 0 fully saturated rings. The zero-order chi connectivity index (χ0) is 19.6. The number of para-hydroxylation sites is 1. The molecule has 2 N–H and O–H groups in total. The molecular formula is C20H22F2N3OS+. The molecule has 0 saturated heterocycles. The molecule has 7 heteroatoms. The molecule has 1 amide bonds. The van der Waals surface area contributed by atoms with Gasteiger partial charge in [0.25, 0.3) is 5.91 Å². The van der Waals surface area contributed by atoms with E-state index in [9.17, 15) is 13.6 Å². The highest BCUT2D eigenvalue weighted by molar-refractivity contribution is 7.18. The molecule has 0 radical (unpaired) electrons. The fourth-order valence-corrected chi connectivity index (χ4v) is 3.87. The number of halogens is 2. The Morgan fingerprint density at radius 2 is 1.93 bits per heavy atom. The number of quaternary nitrogens is 1. The molecule has 1 heterocycles. The Kier molecular flexibility index (Phi) is 5.82. The highest BCUT2D eigenvalue weighted by atomic mass is 32.1. The summed E-state index contributed by atoms with van der Waals surface area (Å²) in [6, 6.07) is 11.4. The molecule has 27 heavy (non-hydrogen) atoms. The van der Waals surface area contributed by atoms with Gasteiger partial charge < -0.3 is 10.2 Å². The van der Waals surface area contributed by atoms with Crippen LogP contribution >= 0.6 is 11.3 Å². The van der Waals surface area contributed by atoms with Gasteiger partial charge in [0.2, 0.25) is 0 Å². The lowest BCUT2D eigenvalue weighted by Gasteiger charge is -2.23. The first-order valence-electron chi connectivity index (χ1n) is 8.76. The van der Waals surface area contributed by atoms with Gasteiger partial charge in [-0.05, 0) is 44.2 Å². The zero-order valence-corrected chi connectivity index (χ0v) is 16.3. The van der Waals surface area contributed by atoms with Crippen molar-refractivity contribution in [1.29, 1.82) is 0 Å². The lowest BCUT2D eigenvalue weighted by molar-refractivity contribution is -0.683. The van der Waals surface area contributed by atoms with E-state index in [2.05, 4.69) is 4.98 Å². The van der Waals surface area contributed by atoms with Crippen molar-refractivity contribution in [2.45, 2.75) is 25.9 Å². The maximum absolute atomic E-state index is 13.4. The molecule has 0 aliphatic heterocycles. The molecule has 3 aromatic rings. The van der Waals surface area contributed by atoms with Gasteiger partial charge >= 0.3 is 0 Å². The van der Waals surface area contributed by atoms with Gasteiger partial charge in [0, 0.05) is 12.6 Å². The van der Waals surface area contributed by atoms with Gasteiger partial charge in [-0.1, -0.05) is 12.1 Å². The number of benzene rings is 2. The second-order valence-corrected chi connectivity index (χ2v) is 7.66. The normalized spacial score (nSPS) is 13.5. The number of fused-ring (bicyclic) bond motifs is 1. The molecule has 0 aliphatic carbocycles. The molecule has 0 bridgehead atoms. The minimum absolute atomic E-state index is 0.0452. The average molecular weight is 390 g/mol. The van der Waals surface area contributed by atoms with Crippen molar-refractivity contribution in [3.63, 3.8) is 0 Å². The molecule has 3 rings (SSSR count). The average Bonchev–Trinajstić information content (AvgIpc) is 3.11. The van der Waals surface area contributed by atoms with Crippen molar-refractivity contribution in [2.75, 3.05) is 13.6 Å². The van der Waals surface area contributed by atoms with Crippen molar-refractivity contribution in [1.82, 2.24) is 9.88 Å². The number of likely N-dealkylation sites (N-methyl/N-ethyl adjacent to an activating group) is 1. The van der Waals surface area contributed by atoms with Gasteiger partial charge in [0.1, 0.15) is 11.0 Å². The molecule has 142 valence electrons. The van der Waals surface area contributed by atoms with E-state index in [0.717, 1.165) is 21.3 Å². The summed E-state index contributed by atoms with van der Waals surface area (Å²) in [5, 5.41) is 2.71. The maximum Gasteiger partial charge on any atom is 0.278 e. The number of thiazole rings is 1. The van der Waals surface area contributed by atoms with Crippen molar-refractivity contribution >= 4 is 27.5 Å². The van der Waals surface area contributed by atoms with E-state index in [-0.39, 0.29) is 24.5 Å². The van der Waals surface area contributed by atoms with Crippen molar-refractivity contribution in [3.05, 3.63) is 64.7 Å². The van der Waals surface area contributed by atoms with E-state index in [1.807, 2.05) is 43.4 Å². The lowest BCUT2D eigenvalue weighted by atomic mass is 10.1. The molecule has 0 saturated carbocycles. The van der Waals surface area contributed by atoms with Gasteiger partial charge in [-0.25, -0.2) is 13.8 Å². The largest absolute Gasteiger partial charge is 0.333 e.